The third-order valence-electron chi connectivity index (χ3n) is 1.52. The summed E-state index contributed by atoms with van der Waals surface area (Å²) >= 11 is 0. The molecule has 0 saturated heterocycles. The van der Waals surface area contributed by atoms with E-state index in [0.29, 0.717) is 12.5 Å². The minimum Gasteiger partial charge on any atom is -0.348 e. The zero-order valence-corrected chi connectivity index (χ0v) is 8.57. The van der Waals surface area contributed by atoms with E-state index in [1.54, 1.807) is 0 Å². The molecule has 15 heavy (non-hydrogen) atoms. The highest BCUT2D eigenvalue weighted by atomic mass is 16.2. The molecule has 0 aliphatic heterocycles. The summed E-state index contributed by atoms with van der Waals surface area (Å²) < 4.78 is 0. The van der Waals surface area contributed by atoms with Gasteiger partial charge in [0, 0.05) is 6.54 Å². The Morgan fingerprint density at radius 2 is 2.20 bits per heavy atom. The van der Waals surface area contributed by atoms with Gasteiger partial charge in [-0.1, -0.05) is 13.8 Å². The minimum atomic E-state index is -0.757. The number of aromatic amines is 1. The van der Waals surface area contributed by atoms with E-state index in [1.807, 2.05) is 13.8 Å². The number of nitrogens with one attached hydrogen (secondary N) is 3. The fourth-order valence-corrected chi connectivity index (χ4v) is 0.807. The Labute approximate surface area is 86.7 Å². The molecular formula is C8H13N5O2. The van der Waals surface area contributed by atoms with Crippen molar-refractivity contribution in [3.05, 3.63) is 6.33 Å². The average Bonchev–Trinajstić information content (AvgIpc) is 2.66. The third-order valence-corrected chi connectivity index (χ3v) is 1.52. The summed E-state index contributed by atoms with van der Waals surface area (Å²) in [6, 6.07) is 0. The maximum atomic E-state index is 11.2. The maximum absolute atomic E-state index is 11.2. The van der Waals surface area contributed by atoms with Crippen molar-refractivity contribution in [2.24, 2.45) is 5.92 Å². The predicted molar refractivity (Wildman–Crippen MR) is 52.9 cm³/mol. The second-order valence-electron chi connectivity index (χ2n) is 3.39. The molecule has 0 aromatic carbocycles. The molecule has 7 heteroatoms. The number of rotatable bonds is 3. The van der Waals surface area contributed by atoms with Crippen molar-refractivity contribution in [1.29, 1.82) is 0 Å². The van der Waals surface area contributed by atoms with Gasteiger partial charge in [-0.25, -0.2) is 5.10 Å². The largest absolute Gasteiger partial charge is 0.348 e. The minimum absolute atomic E-state index is 0.152. The number of aromatic nitrogens is 3. The molecule has 0 fully saturated rings. The summed E-state index contributed by atoms with van der Waals surface area (Å²) in [6.07, 6.45) is 1.24. The van der Waals surface area contributed by atoms with Crippen LogP contribution in [0.3, 0.4) is 0 Å². The topological polar surface area (TPSA) is 99.8 Å². The molecule has 0 aliphatic carbocycles. The Morgan fingerprint density at radius 1 is 1.47 bits per heavy atom. The first-order valence-electron chi connectivity index (χ1n) is 4.54. The van der Waals surface area contributed by atoms with Gasteiger partial charge in [-0.3, -0.25) is 14.9 Å². The molecule has 82 valence electrons. The molecule has 1 aromatic rings. The fraction of sp³-hybridized carbons (Fsp3) is 0.500. The van der Waals surface area contributed by atoms with E-state index >= 15 is 0 Å². The molecule has 0 unspecified atom stereocenters. The van der Waals surface area contributed by atoms with E-state index in [9.17, 15) is 9.59 Å². The number of carbonyl (C=O) groups is 2. The van der Waals surface area contributed by atoms with E-state index < -0.39 is 11.8 Å². The van der Waals surface area contributed by atoms with Crippen LogP contribution in [0.25, 0.3) is 0 Å². The molecule has 2 amide bonds. The van der Waals surface area contributed by atoms with Gasteiger partial charge in [0.25, 0.3) is 0 Å². The summed E-state index contributed by atoms with van der Waals surface area (Å²) in [5, 5.41) is 10.7. The smallest absolute Gasteiger partial charge is 0.316 e. The summed E-state index contributed by atoms with van der Waals surface area (Å²) in [7, 11) is 0. The molecule has 0 spiro atoms. The van der Waals surface area contributed by atoms with E-state index in [-0.39, 0.29) is 5.95 Å². The number of hydrogen-bond acceptors (Lipinski definition) is 4. The molecule has 0 atom stereocenters. The molecular weight excluding hydrogens is 198 g/mol. The van der Waals surface area contributed by atoms with Crippen molar-refractivity contribution in [3.63, 3.8) is 0 Å². The van der Waals surface area contributed by atoms with Crippen LogP contribution in [-0.2, 0) is 9.59 Å². The zero-order valence-electron chi connectivity index (χ0n) is 8.57. The van der Waals surface area contributed by atoms with Crippen molar-refractivity contribution in [2.75, 3.05) is 11.9 Å². The molecule has 1 heterocycles. The van der Waals surface area contributed by atoms with Gasteiger partial charge in [-0.05, 0) is 5.92 Å². The van der Waals surface area contributed by atoms with Crippen molar-refractivity contribution < 1.29 is 9.59 Å². The van der Waals surface area contributed by atoms with Gasteiger partial charge in [-0.2, -0.15) is 10.1 Å². The van der Waals surface area contributed by atoms with Crippen LogP contribution in [0.4, 0.5) is 5.95 Å². The second-order valence-corrected chi connectivity index (χ2v) is 3.39. The van der Waals surface area contributed by atoms with Crippen LogP contribution >= 0.6 is 0 Å². The fourth-order valence-electron chi connectivity index (χ4n) is 0.807. The van der Waals surface area contributed by atoms with E-state index in [1.165, 1.54) is 6.33 Å². The van der Waals surface area contributed by atoms with Gasteiger partial charge in [0.15, 0.2) is 0 Å². The first-order chi connectivity index (χ1) is 7.09. The molecule has 0 saturated carbocycles. The van der Waals surface area contributed by atoms with Crippen molar-refractivity contribution in [2.45, 2.75) is 13.8 Å². The van der Waals surface area contributed by atoms with Crippen LogP contribution in [-0.4, -0.2) is 33.5 Å². The molecule has 0 radical (unpaired) electrons. The van der Waals surface area contributed by atoms with E-state index in [2.05, 4.69) is 25.8 Å². The summed E-state index contributed by atoms with van der Waals surface area (Å²) in [6.45, 7) is 4.34. The van der Waals surface area contributed by atoms with Gasteiger partial charge >= 0.3 is 11.8 Å². The highest BCUT2D eigenvalue weighted by Gasteiger charge is 2.14. The van der Waals surface area contributed by atoms with Gasteiger partial charge in [0.2, 0.25) is 5.95 Å². The number of anilines is 1. The van der Waals surface area contributed by atoms with Gasteiger partial charge < -0.3 is 5.32 Å². The third kappa shape index (κ3) is 3.75. The monoisotopic (exact) mass is 211 g/mol. The van der Waals surface area contributed by atoms with Crippen molar-refractivity contribution >= 4 is 17.8 Å². The molecule has 0 aliphatic rings. The summed E-state index contributed by atoms with van der Waals surface area (Å²) in [4.78, 5) is 26.1. The number of carbonyl (C=O) groups excluding carboxylic acids is 2. The normalized spacial score (nSPS) is 10.1. The van der Waals surface area contributed by atoms with E-state index in [4.69, 9.17) is 0 Å². The lowest BCUT2D eigenvalue weighted by Crippen LogP contribution is -2.37. The van der Waals surface area contributed by atoms with Gasteiger partial charge in [-0.15, -0.1) is 0 Å². The number of nitrogens with zero attached hydrogens (tertiary/aromatic N) is 2. The van der Waals surface area contributed by atoms with Crippen LogP contribution in [0, 0.1) is 5.92 Å². The van der Waals surface area contributed by atoms with Crippen LogP contribution in [0.2, 0.25) is 0 Å². The Morgan fingerprint density at radius 3 is 2.73 bits per heavy atom. The molecule has 3 N–H and O–H groups in total. The summed E-state index contributed by atoms with van der Waals surface area (Å²) in [5.74, 6) is -0.987. The number of amides is 2. The Bertz CT molecular complexity index is 333. The first kappa shape index (κ1) is 11.2. The highest BCUT2D eigenvalue weighted by Crippen LogP contribution is 1.92. The SMILES string of the molecule is CC(C)CNC(=O)C(=O)Nc1ncn[nH]1. The Kier molecular flexibility index (Phi) is 3.78. The van der Waals surface area contributed by atoms with Crippen LogP contribution in [0.1, 0.15) is 13.8 Å². The molecule has 0 bridgehead atoms. The van der Waals surface area contributed by atoms with Crippen molar-refractivity contribution in [1.82, 2.24) is 20.5 Å². The number of H-pyrrole nitrogens is 1. The van der Waals surface area contributed by atoms with Crippen LogP contribution in [0.15, 0.2) is 6.33 Å². The van der Waals surface area contributed by atoms with Gasteiger partial charge in [0.1, 0.15) is 6.33 Å². The van der Waals surface area contributed by atoms with Gasteiger partial charge in [0.05, 0.1) is 0 Å². The second kappa shape index (κ2) is 5.08. The highest BCUT2D eigenvalue weighted by molar-refractivity contribution is 6.39. The lowest BCUT2D eigenvalue weighted by atomic mass is 10.2. The quantitative estimate of drug-likeness (QED) is 0.587. The standard InChI is InChI=1S/C8H13N5O2/c1-5(2)3-9-6(14)7(15)12-8-10-4-11-13-8/h4-5H,3H2,1-2H3,(H,9,14)(H2,10,11,12,13,15). The summed E-state index contributed by atoms with van der Waals surface area (Å²) in [5.41, 5.74) is 0. The Hall–Kier alpha value is -1.92. The molecule has 1 aromatic heterocycles. The number of hydrogen-bond donors (Lipinski definition) is 3. The lowest BCUT2D eigenvalue weighted by molar-refractivity contribution is -0.136. The predicted octanol–water partition coefficient (Wildman–Crippen LogP) is -0.485. The molecule has 1 rings (SSSR count). The Balaban J connectivity index is 2.37. The zero-order chi connectivity index (χ0) is 11.3. The van der Waals surface area contributed by atoms with Crippen LogP contribution in [0.5, 0.6) is 0 Å². The first-order valence-corrected chi connectivity index (χ1v) is 4.54. The van der Waals surface area contributed by atoms with Crippen molar-refractivity contribution in [3.8, 4) is 0 Å². The lowest BCUT2D eigenvalue weighted by Gasteiger charge is -2.06. The van der Waals surface area contributed by atoms with Crippen LogP contribution < -0.4 is 10.6 Å². The molecule has 7 nitrogen and oxygen atoms in total. The van der Waals surface area contributed by atoms with E-state index in [0.717, 1.165) is 0 Å². The maximum Gasteiger partial charge on any atom is 0.316 e. The average molecular weight is 211 g/mol.